The zero-order chi connectivity index (χ0) is 13.3. The van der Waals surface area contributed by atoms with Crippen LogP contribution in [0.1, 0.15) is 28.2 Å². The van der Waals surface area contributed by atoms with E-state index in [4.69, 9.17) is 4.74 Å². The number of aromatic nitrogens is 1. The number of carbonyl (C=O) groups is 1. The van der Waals surface area contributed by atoms with Gasteiger partial charge in [0.1, 0.15) is 0 Å². The van der Waals surface area contributed by atoms with E-state index >= 15 is 0 Å². The first-order valence-corrected chi connectivity index (χ1v) is 6.45. The molecule has 1 saturated heterocycles. The molecular formula is C14H22N2O2. The molecular weight excluding hydrogens is 228 g/mol. The molecule has 18 heavy (non-hydrogen) atoms. The summed E-state index contributed by atoms with van der Waals surface area (Å²) in [5.74, 6) is 0.652. The first-order valence-electron chi connectivity index (χ1n) is 6.45. The molecule has 4 nitrogen and oxygen atoms in total. The van der Waals surface area contributed by atoms with Crippen LogP contribution in [0.3, 0.4) is 0 Å². The Morgan fingerprint density at radius 1 is 1.50 bits per heavy atom. The highest BCUT2D eigenvalue weighted by Crippen LogP contribution is 2.21. The van der Waals surface area contributed by atoms with Crippen LogP contribution in [0.4, 0.5) is 0 Å². The van der Waals surface area contributed by atoms with E-state index in [9.17, 15) is 4.79 Å². The highest BCUT2D eigenvalue weighted by Gasteiger charge is 2.28. The molecule has 2 heterocycles. The number of nitrogens with zero attached hydrogens (tertiary/aromatic N) is 2. The first-order chi connectivity index (χ1) is 8.54. The molecule has 0 radical (unpaired) electrons. The SMILES string of the molecule is COC[C@@H]1CCN(C(=O)c2cc(C)n(C)c2C)C1. The summed E-state index contributed by atoms with van der Waals surface area (Å²) in [6.07, 6.45) is 1.05. The number of hydrogen-bond acceptors (Lipinski definition) is 2. The summed E-state index contributed by atoms with van der Waals surface area (Å²) in [7, 11) is 3.72. The fourth-order valence-corrected chi connectivity index (χ4v) is 2.63. The molecule has 4 heteroatoms. The fraction of sp³-hybridized carbons (Fsp3) is 0.643. The van der Waals surface area contributed by atoms with Crippen molar-refractivity contribution in [3.63, 3.8) is 0 Å². The van der Waals surface area contributed by atoms with Crippen molar-refractivity contribution in [1.29, 1.82) is 0 Å². The quantitative estimate of drug-likeness (QED) is 0.819. The van der Waals surface area contributed by atoms with E-state index in [1.54, 1.807) is 7.11 Å². The molecule has 2 rings (SSSR count). The Bertz CT molecular complexity index is 451. The van der Waals surface area contributed by atoms with Gasteiger partial charge in [-0.25, -0.2) is 0 Å². The van der Waals surface area contributed by atoms with Crippen molar-refractivity contribution in [1.82, 2.24) is 9.47 Å². The van der Waals surface area contributed by atoms with Crippen molar-refractivity contribution < 1.29 is 9.53 Å². The largest absolute Gasteiger partial charge is 0.384 e. The molecule has 1 aromatic heterocycles. The normalized spacial score (nSPS) is 19.6. The molecule has 0 N–H and O–H groups in total. The third-order valence-electron chi connectivity index (χ3n) is 3.98. The number of carbonyl (C=O) groups excluding carboxylic acids is 1. The van der Waals surface area contributed by atoms with Gasteiger partial charge in [0.05, 0.1) is 12.2 Å². The van der Waals surface area contributed by atoms with Gasteiger partial charge < -0.3 is 14.2 Å². The zero-order valence-electron chi connectivity index (χ0n) is 11.7. The highest BCUT2D eigenvalue weighted by molar-refractivity contribution is 5.95. The molecule has 100 valence electrons. The van der Waals surface area contributed by atoms with E-state index in [1.807, 2.05) is 31.9 Å². The number of rotatable bonds is 3. The van der Waals surface area contributed by atoms with Crippen molar-refractivity contribution in [3.8, 4) is 0 Å². The van der Waals surface area contributed by atoms with E-state index in [2.05, 4.69) is 4.57 Å². The van der Waals surface area contributed by atoms with Gasteiger partial charge in [0.25, 0.3) is 5.91 Å². The standard InChI is InChI=1S/C14H22N2O2/c1-10-7-13(11(2)15(10)3)14(17)16-6-5-12(8-16)9-18-4/h7,12H,5-6,8-9H2,1-4H3/t12-/m1/s1. The Balaban J connectivity index is 2.10. The third kappa shape index (κ3) is 2.29. The molecule has 0 spiro atoms. The summed E-state index contributed by atoms with van der Waals surface area (Å²) in [5, 5.41) is 0. The zero-order valence-corrected chi connectivity index (χ0v) is 11.7. The average Bonchev–Trinajstić information content (AvgIpc) is 2.90. The van der Waals surface area contributed by atoms with E-state index in [-0.39, 0.29) is 5.91 Å². The Morgan fingerprint density at radius 2 is 2.22 bits per heavy atom. The van der Waals surface area contributed by atoms with Crippen molar-refractivity contribution in [2.75, 3.05) is 26.8 Å². The van der Waals surface area contributed by atoms with Crippen LogP contribution in [-0.4, -0.2) is 42.2 Å². The summed E-state index contributed by atoms with van der Waals surface area (Å²) in [6, 6.07) is 1.99. The lowest BCUT2D eigenvalue weighted by molar-refractivity contribution is 0.0774. The molecule has 0 unspecified atom stereocenters. The van der Waals surface area contributed by atoms with E-state index < -0.39 is 0 Å². The predicted molar refractivity (Wildman–Crippen MR) is 70.8 cm³/mol. The molecule has 1 aliphatic heterocycles. The number of amides is 1. The Hall–Kier alpha value is -1.29. The minimum absolute atomic E-state index is 0.162. The molecule has 1 amide bonds. The molecule has 0 bridgehead atoms. The number of methoxy groups -OCH3 is 1. The van der Waals surface area contributed by atoms with Gasteiger partial charge in [-0.15, -0.1) is 0 Å². The molecule has 1 atom stereocenters. The van der Waals surface area contributed by atoms with Crippen molar-refractivity contribution in [2.24, 2.45) is 13.0 Å². The fourth-order valence-electron chi connectivity index (χ4n) is 2.63. The van der Waals surface area contributed by atoms with Crippen LogP contribution in [0.15, 0.2) is 6.07 Å². The lowest BCUT2D eigenvalue weighted by Gasteiger charge is -2.16. The molecule has 0 aliphatic carbocycles. The van der Waals surface area contributed by atoms with Gasteiger partial charge in [0.2, 0.25) is 0 Å². The summed E-state index contributed by atoms with van der Waals surface area (Å²) < 4.78 is 7.23. The Labute approximate surface area is 109 Å². The topological polar surface area (TPSA) is 34.5 Å². The van der Waals surface area contributed by atoms with Gasteiger partial charge >= 0.3 is 0 Å². The molecule has 1 aliphatic rings. The number of aryl methyl sites for hydroxylation is 1. The number of hydrogen-bond donors (Lipinski definition) is 0. The predicted octanol–water partition coefficient (Wildman–Crippen LogP) is 1.75. The lowest BCUT2D eigenvalue weighted by Crippen LogP contribution is -2.29. The van der Waals surface area contributed by atoms with Gasteiger partial charge in [0.15, 0.2) is 0 Å². The summed E-state index contributed by atoms with van der Waals surface area (Å²) >= 11 is 0. The summed E-state index contributed by atoms with van der Waals surface area (Å²) in [5.41, 5.74) is 3.02. The van der Waals surface area contributed by atoms with E-state index in [0.717, 1.165) is 43.1 Å². The maximum Gasteiger partial charge on any atom is 0.255 e. The van der Waals surface area contributed by atoms with Crippen LogP contribution in [0.2, 0.25) is 0 Å². The van der Waals surface area contributed by atoms with Crippen LogP contribution >= 0.6 is 0 Å². The van der Waals surface area contributed by atoms with Gasteiger partial charge in [-0.1, -0.05) is 0 Å². The van der Waals surface area contributed by atoms with Crippen molar-refractivity contribution in [2.45, 2.75) is 20.3 Å². The summed E-state index contributed by atoms with van der Waals surface area (Å²) in [4.78, 5) is 14.4. The maximum absolute atomic E-state index is 12.5. The summed E-state index contributed by atoms with van der Waals surface area (Å²) in [6.45, 7) is 6.45. The van der Waals surface area contributed by atoms with Crippen LogP contribution in [0.5, 0.6) is 0 Å². The number of ether oxygens (including phenoxy) is 1. The monoisotopic (exact) mass is 250 g/mol. The van der Waals surface area contributed by atoms with Crippen LogP contribution in [0, 0.1) is 19.8 Å². The second-order valence-corrected chi connectivity index (χ2v) is 5.21. The van der Waals surface area contributed by atoms with Gasteiger partial charge in [-0.05, 0) is 26.3 Å². The van der Waals surface area contributed by atoms with Crippen LogP contribution < -0.4 is 0 Å². The Kier molecular flexibility index (Phi) is 3.76. The minimum atomic E-state index is 0.162. The maximum atomic E-state index is 12.5. The van der Waals surface area contributed by atoms with E-state index in [0.29, 0.717) is 5.92 Å². The van der Waals surface area contributed by atoms with Crippen LogP contribution in [-0.2, 0) is 11.8 Å². The van der Waals surface area contributed by atoms with Crippen molar-refractivity contribution in [3.05, 3.63) is 23.0 Å². The second kappa shape index (κ2) is 5.14. The Morgan fingerprint density at radius 3 is 2.78 bits per heavy atom. The lowest BCUT2D eigenvalue weighted by atomic mass is 10.1. The molecule has 1 aromatic rings. The molecule has 0 aromatic carbocycles. The van der Waals surface area contributed by atoms with Gasteiger partial charge in [0, 0.05) is 44.6 Å². The van der Waals surface area contributed by atoms with Gasteiger partial charge in [-0.2, -0.15) is 0 Å². The molecule has 1 fully saturated rings. The first kappa shape index (κ1) is 13.1. The smallest absolute Gasteiger partial charge is 0.255 e. The third-order valence-corrected chi connectivity index (χ3v) is 3.98. The second-order valence-electron chi connectivity index (χ2n) is 5.21. The van der Waals surface area contributed by atoms with Gasteiger partial charge in [-0.3, -0.25) is 4.79 Å². The average molecular weight is 250 g/mol. The highest BCUT2D eigenvalue weighted by atomic mass is 16.5. The molecule has 0 saturated carbocycles. The number of likely N-dealkylation sites (tertiary alicyclic amines) is 1. The van der Waals surface area contributed by atoms with E-state index in [1.165, 1.54) is 0 Å². The minimum Gasteiger partial charge on any atom is -0.384 e. The van der Waals surface area contributed by atoms with Crippen LogP contribution in [0.25, 0.3) is 0 Å². The van der Waals surface area contributed by atoms with Crippen molar-refractivity contribution >= 4 is 5.91 Å².